The molecule has 1 saturated carbocycles. The van der Waals surface area contributed by atoms with Gasteiger partial charge >= 0.3 is 0 Å². The third kappa shape index (κ3) is 3.33. The Hall–Kier alpha value is 0.270. The molecule has 12 heavy (non-hydrogen) atoms. The lowest BCUT2D eigenvalue weighted by Crippen LogP contribution is -2.29. The van der Waals surface area contributed by atoms with Crippen LogP contribution in [0, 0.1) is 0 Å². The number of nitrogens with one attached hydrogen (secondary N) is 1. The lowest BCUT2D eigenvalue weighted by molar-refractivity contribution is 0.196. The summed E-state index contributed by atoms with van der Waals surface area (Å²) in [6.45, 7) is 1.84. The summed E-state index contributed by atoms with van der Waals surface area (Å²) >= 11 is 2.00. The number of hydrogen-bond donors (Lipinski definition) is 1. The second-order valence-corrected chi connectivity index (χ2v) is 4.45. The average Bonchev–Trinajstić information content (AvgIpc) is 2.53. The summed E-state index contributed by atoms with van der Waals surface area (Å²) in [5, 5.41) is 4.40. The summed E-state index contributed by atoms with van der Waals surface area (Å²) in [4.78, 5) is 0. The predicted molar refractivity (Wildman–Crippen MR) is 54.8 cm³/mol. The first-order valence-corrected chi connectivity index (χ1v) is 5.90. The summed E-state index contributed by atoms with van der Waals surface area (Å²) in [5.74, 6) is 0. The smallest absolute Gasteiger partial charge is 0.0587 e. The normalized spacial score (nSPS) is 29.5. The van der Waals surface area contributed by atoms with Gasteiger partial charge in [0.15, 0.2) is 0 Å². The van der Waals surface area contributed by atoms with Crippen molar-refractivity contribution in [1.29, 1.82) is 0 Å². The number of rotatable bonds is 5. The zero-order chi connectivity index (χ0) is 8.81. The van der Waals surface area contributed by atoms with Crippen LogP contribution in [0.4, 0.5) is 0 Å². The Balaban J connectivity index is 2.03. The fourth-order valence-corrected chi connectivity index (χ4v) is 2.50. The van der Waals surface area contributed by atoms with E-state index < -0.39 is 0 Å². The van der Waals surface area contributed by atoms with Crippen LogP contribution in [0.15, 0.2) is 0 Å². The molecule has 1 aliphatic carbocycles. The Morgan fingerprint density at radius 2 is 2.33 bits per heavy atom. The van der Waals surface area contributed by atoms with Gasteiger partial charge in [0, 0.05) is 24.9 Å². The van der Waals surface area contributed by atoms with Gasteiger partial charge in [-0.25, -0.2) is 0 Å². The molecular weight excluding hydrogens is 170 g/mol. The van der Waals surface area contributed by atoms with Crippen LogP contribution in [0.25, 0.3) is 0 Å². The molecule has 1 rings (SSSR count). The second-order valence-electron chi connectivity index (χ2n) is 3.31. The molecular formula is C9H19NOS. The predicted octanol–water partition coefficient (Wildman–Crippen LogP) is 1.51. The van der Waals surface area contributed by atoms with Crippen LogP contribution >= 0.6 is 11.8 Å². The highest BCUT2D eigenvalue weighted by Crippen LogP contribution is 2.27. The standard InChI is InChI=1S/C9H19NOS/c1-11-6-5-10-8-3-4-9(7-8)12-2/h8-10H,3-7H2,1-2H3. The molecule has 0 aromatic heterocycles. The van der Waals surface area contributed by atoms with Gasteiger partial charge in [-0.2, -0.15) is 11.8 Å². The van der Waals surface area contributed by atoms with Crippen molar-refractivity contribution in [2.24, 2.45) is 0 Å². The van der Waals surface area contributed by atoms with Crippen LogP contribution in [0.1, 0.15) is 19.3 Å². The maximum Gasteiger partial charge on any atom is 0.0587 e. The van der Waals surface area contributed by atoms with Gasteiger partial charge in [0.25, 0.3) is 0 Å². The molecule has 72 valence electrons. The summed E-state index contributed by atoms with van der Waals surface area (Å²) in [5.41, 5.74) is 0. The molecule has 2 atom stereocenters. The lowest BCUT2D eigenvalue weighted by atomic mass is 10.2. The zero-order valence-electron chi connectivity index (χ0n) is 8.01. The summed E-state index contributed by atoms with van der Waals surface area (Å²) in [7, 11) is 1.75. The first kappa shape index (κ1) is 10.4. The molecule has 0 heterocycles. The number of hydrogen-bond acceptors (Lipinski definition) is 3. The molecule has 2 unspecified atom stereocenters. The van der Waals surface area contributed by atoms with Gasteiger partial charge in [0.05, 0.1) is 6.61 Å². The topological polar surface area (TPSA) is 21.3 Å². The molecule has 1 N–H and O–H groups in total. The van der Waals surface area contributed by atoms with Gasteiger partial charge in [-0.05, 0) is 25.5 Å². The van der Waals surface area contributed by atoms with Crippen molar-refractivity contribution in [3.63, 3.8) is 0 Å². The van der Waals surface area contributed by atoms with E-state index >= 15 is 0 Å². The zero-order valence-corrected chi connectivity index (χ0v) is 8.82. The van der Waals surface area contributed by atoms with Crippen molar-refractivity contribution in [3.8, 4) is 0 Å². The lowest BCUT2D eigenvalue weighted by Gasteiger charge is -2.11. The molecule has 0 amide bonds. The van der Waals surface area contributed by atoms with Crippen LogP contribution < -0.4 is 5.32 Å². The minimum Gasteiger partial charge on any atom is -0.383 e. The molecule has 3 heteroatoms. The van der Waals surface area contributed by atoms with Crippen molar-refractivity contribution in [2.45, 2.75) is 30.6 Å². The van der Waals surface area contributed by atoms with Crippen LogP contribution in [-0.4, -0.2) is 37.8 Å². The van der Waals surface area contributed by atoms with Gasteiger partial charge in [0.2, 0.25) is 0 Å². The molecule has 0 spiro atoms. The number of thioether (sulfide) groups is 1. The van der Waals surface area contributed by atoms with Crippen molar-refractivity contribution in [1.82, 2.24) is 5.32 Å². The van der Waals surface area contributed by atoms with Crippen LogP contribution in [0.2, 0.25) is 0 Å². The minimum atomic E-state index is 0.748. The Morgan fingerprint density at radius 1 is 1.50 bits per heavy atom. The highest BCUT2D eigenvalue weighted by Gasteiger charge is 2.22. The fourth-order valence-electron chi connectivity index (χ4n) is 1.70. The van der Waals surface area contributed by atoms with Gasteiger partial charge in [-0.15, -0.1) is 0 Å². The van der Waals surface area contributed by atoms with Crippen molar-refractivity contribution < 1.29 is 4.74 Å². The third-order valence-electron chi connectivity index (χ3n) is 2.46. The van der Waals surface area contributed by atoms with E-state index in [9.17, 15) is 0 Å². The highest BCUT2D eigenvalue weighted by atomic mass is 32.2. The Morgan fingerprint density at radius 3 is 2.92 bits per heavy atom. The van der Waals surface area contributed by atoms with Crippen molar-refractivity contribution in [3.05, 3.63) is 0 Å². The molecule has 0 aliphatic heterocycles. The second kappa shape index (κ2) is 5.84. The maximum atomic E-state index is 4.99. The van der Waals surface area contributed by atoms with E-state index in [0.29, 0.717) is 0 Å². The van der Waals surface area contributed by atoms with Gasteiger partial charge < -0.3 is 10.1 Å². The number of methoxy groups -OCH3 is 1. The molecule has 2 nitrogen and oxygen atoms in total. The first-order valence-electron chi connectivity index (χ1n) is 4.62. The Kier molecular flexibility index (Phi) is 5.04. The molecule has 0 radical (unpaired) electrons. The van der Waals surface area contributed by atoms with E-state index in [2.05, 4.69) is 11.6 Å². The van der Waals surface area contributed by atoms with E-state index in [0.717, 1.165) is 24.4 Å². The van der Waals surface area contributed by atoms with Gasteiger partial charge in [0.1, 0.15) is 0 Å². The van der Waals surface area contributed by atoms with E-state index in [4.69, 9.17) is 4.74 Å². The summed E-state index contributed by atoms with van der Waals surface area (Å²) < 4.78 is 4.99. The summed E-state index contributed by atoms with van der Waals surface area (Å²) in [6.07, 6.45) is 6.27. The highest BCUT2D eigenvalue weighted by molar-refractivity contribution is 7.99. The van der Waals surface area contributed by atoms with Crippen LogP contribution in [-0.2, 0) is 4.74 Å². The fraction of sp³-hybridized carbons (Fsp3) is 1.00. The molecule has 0 saturated heterocycles. The van der Waals surface area contributed by atoms with E-state index in [1.165, 1.54) is 19.3 Å². The first-order chi connectivity index (χ1) is 5.86. The Bertz CT molecular complexity index is 121. The van der Waals surface area contributed by atoms with E-state index in [-0.39, 0.29) is 0 Å². The molecule has 0 aromatic carbocycles. The number of ether oxygens (including phenoxy) is 1. The van der Waals surface area contributed by atoms with Gasteiger partial charge in [-0.1, -0.05) is 0 Å². The molecule has 1 fully saturated rings. The molecule has 0 bridgehead atoms. The van der Waals surface area contributed by atoms with Gasteiger partial charge in [-0.3, -0.25) is 0 Å². The molecule has 0 aromatic rings. The average molecular weight is 189 g/mol. The van der Waals surface area contributed by atoms with E-state index in [1.54, 1.807) is 7.11 Å². The van der Waals surface area contributed by atoms with Crippen molar-refractivity contribution in [2.75, 3.05) is 26.5 Å². The largest absolute Gasteiger partial charge is 0.383 e. The van der Waals surface area contributed by atoms with E-state index in [1.807, 2.05) is 11.8 Å². The van der Waals surface area contributed by atoms with Crippen molar-refractivity contribution >= 4 is 11.8 Å². The molecule has 1 aliphatic rings. The minimum absolute atomic E-state index is 0.748. The summed E-state index contributed by atoms with van der Waals surface area (Å²) in [6, 6.07) is 0.748. The Labute approximate surface area is 79.4 Å². The van der Waals surface area contributed by atoms with Crippen LogP contribution in [0.3, 0.4) is 0 Å². The third-order valence-corrected chi connectivity index (χ3v) is 3.55. The quantitative estimate of drug-likeness (QED) is 0.662. The maximum absolute atomic E-state index is 4.99. The monoisotopic (exact) mass is 189 g/mol. The SMILES string of the molecule is COCCNC1CCC(SC)C1. The van der Waals surface area contributed by atoms with Crippen LogP contribution in [0.5, 0.6) is 0 Å².